The Morgan fingerprint density at radius 3 is 2.80 bits per heavy atom. The van der Waals surface area contributed by atoms with Crippen LogP contribution in [0.5, 0.6) is 5.75 Å². The molecule has 1 unspecified atom stereocenters. The van der Waals surface area contributed by atoms with Gasteiger partial charge < -0.3 is 9.84 Å². The minimum atomic E-state index is 0.0415. The van der Waals surface area contributed by atoms with E-state index in [4.69, 9.17) is 16.3 Å². The highest BCUT2D eigenvalue weighted by atomic mass is 16.5. The molecule has 0 saturated carbocycles. The number of hydrogen-bond donors (Lipinski definition) is 1. The summed E-state index contributed by atoms with van der Waals surface area (Å²) in [6.45, 7) is 4.52. The average Bonchev–Trinajstić information content (AvgIpc) is 2.28. The van der Waals surface area contributed by atoms with Crippen LogP contribution in [0.4, 0.5) is 0 Å². The summed E-state index contributed by atoms with van der Waals surface area (Å²) in [5.41, 5.74) is 1.71. The van der Waals surface area contributed by atoms with E-state index in [1.54, 1.807) is 0 Å². The molecule has 0 bridgehead atoms. The Bertz CT molecular complexity index is 363. The molecule has 80 valence electrons. The lowest BCUT2D eigenvalue weighted by molar-refractivity contribution is 0.266. The fourth-order valence-corrected chi connectivity index (χ4v) is 1.46. The van der Waals surface area contributed by atoms with Gasteiger partial charge in [0.05, 0.1) is 12.2 Å². The zero-order chi connectivity index (χ0) is 11.3. The van der Waals surface area contributed by atoms with Crippen LogP contribution in [-0.2, 0) is 0 Å². The lowest BCUT2D eigenvalue weighted by Gasteiger charge is -2.15. The largest absolute Gasteiger partial charge is 0.492 e. The van der Waals surface area contributed by atoms with Crippen molar-refractivity contribution in [1.29, 1.82) is 0 Å². The van der Waals surface area contributed by atoms with E-state index < -0.39 is 0 Å². The molecule has 0 heterocycles. The first-order valence-electron chi connectivity index (χ1n) is 5.07. The number of terminal acetylenes is 1. The van der Waals surface area contributed by atoms with Crippen LogP contribution in [0.2, 0.25) is 0 Å². The first-order valence-corrected chi connectivity index (χ1v) is 5.07. The summed E-state index contributed by atoms with van der Waals surface area (Å²) < 4.78 is 5.53. The van der Waals surface area contributed by atoms with Crippen LogP contribution in [0.3, 0.4) is 0 Å². The quantitative estimate of drug-likeness (QED) is 0.761. The Balaban J connectivity index is 3.20. The van der Waals surface area contributed by atoms with Gasteiger partial charge in [0.25, 0.3) is 0 Å². The van der Waals surface area contributed by atoms with Crippen molar-refractivity contribution in [2.45, 2.75) is 19.8 Å². The van der Waals surface area contributed by atoms with Crippen molar-refractivity contribution in [3.63, 3.8) is 0 Å². The number of para-hydroxylation sites is 1. The first kappa shape index (κ1) is 11.6. The van der Waals surface area contributed by atoms with Gasteiger partial charge in [-0.1, -0.05) is 25.0 Å². The van der Waals surface area contributed by atoms with E-state index in [2.05, 4.69) is 5.92 Å². The van der Waals surface area contributed by atoms with Crippen molar-refractivity contribution in [3.05, 3.63) is 29.3 Å². The summed E-state index contributed by atoms with van der Waals surface area (Å²) in [5.74, 6) is 3.36. The van der Waals surface area contributed by atoms with Gasteiger partial charge in [-0.3, -0.25) is 0 Å². The predicted molar refractivity (Wildman–Crippen MR) is 61.0 cm³/mol. The summed E-state index contributed by atoms with van der Waals surface area (Å²) in [6, 6.07) is 5.67. The number of aliphatic hydroxyl groups is 1. The molecule has 2 heteroatoms. The minimum absolute atomic E-state index is 0.0415. The monoisotopic (exact) mass is 204 g/mol. The fraction of sp³-hybridized carbons (Fsp3) is 0.385. The topological polar surface area (TPSA) is 29.5 Å². The molecule has 0 radical (unpaired) electrons. The Labute approximate surface area is 90.9 Å². The average molecular weight is 204 g/mol. The Morgan fingerprint density at radius 2 is 2.27 bits per heavy atom. The van der Waals surface area contributed by atoms with E-state index >= 15 is 0 Å². The molecule has 0 spiro atoms. The van der Waals surface area contributed by atoms with Crippen LogP contribution in [-0.4, -0.2) is 18.3 Å². The molecule has 0 aliphatic heterocycles. The zero-order valence-electron chi connectivity index (χ0n) is 9.16. The van der Waals surface area contributed by atoms with Crippen LogP contribution >= 0.6 is 0 Å². The molecule has 1 aromatic carbocycles. The predicted octanol–water partition coefficient (Wildman–Crippen LogP) is 2.16. The van der Waals surface area contributed by atoms with Crippen molar-refractivity contribution >= 4 is 0 Å². The first-order chi connectivity index (χ1) is 7.24. The van der Waals surface area contributed by atoms with Gasteiger partial charge in [-0.25, -0.2) is 0 Å². The summed E-state index contributed by atoms with van der Waals surface area (Å²) in [4.78, 5) is 0. The van der Waals surface area contributed by atoms with E-state index in [0.29, 0.717) is 6.61 Å². The molecular weight excluding hydrogens is 188 g/mol. The van der Waals surface area contributed by atoms with Gasteiger partial charge in [0.15, 0.2) is 0 Å². The smallest absolute Gasteiger partial charge is 0.138 e. The second kappa shape index (κ2) is 5.43. The highest BCUT2D eigenvalue weighted by Gasteiger charge is 2.13. The highest BCUT2D eigenvalue weighted by Crippen LogP contribution is 2.29. The summed E-state index contributed by atoms with van der Waals surface area (Å²) in [5, 5.41) is 9.14. The third kappa shape index (κ3) is 2.51. The molecule has 0 amide bonds. The van der Waals surface area contributed by atoms with Crippen molar-refractivity contribution < 1.29 is 9.84 Å². The van der Waals surface area contributed by atoms with Crippen molar-refractivity contribution in [2.24, 2.45) is 0 Å². The molecule has 0 aromatic heterocycles. The van der Waals surface area contributed by atoms with Crippen LogP contribution in [0, 0.1) is 12.3 Å². The van der Waals surface area contributed by atoms with Gasteiger partial charge in [-0.05, 0) is 13.0 Å². The lowest BCUT2D eigenvalue weighted by atomic mass is 9.98. The summed E-state index contributed by atoms with van der Waals surface area (Å²) >= 11 is 0. The molecule has 15 heavy (non-hydrogen) atoms. The standard InChI is InChI=1S/C13H16O2/c1-4-11-7-6-8-12(10(3)9-14)13(11)15-5-2/h1,6-8,10,14H,5,9H2,2-3H3. The molecule has 1 N–H and O–H groups in total. The number of hydrogen-bond acceptors (Lipinski definition) is 2. The maximum atomic E-state index is 9.14. The van der Waals surface area contributed by atoms with E-state index in [1.165, 1.54) is 0 Å². The van der Waals surface area contributed by atoms with Gasteiger partial charge in [0.2, 0.25) is 0 Å². The van der Waals surface area contributed by atoms with Gasteiger partial charge in [0.1, 0.15) is 5.75 Å². The maximum Gasteiger partial charge on any atom is 0.138 e. The van der Waals surface area contributed by atoms with E-state index in [9.17, 15) is 0 Å². The van der Waals surface area contributed by atoms with Gasteiger partial charge in [-0.2, -0.15) is 0 Å². The molecule has 1 atom stereocenters. The molecule has 2 nitrogen and oxygen atoms in total. The summed E-state index contributed by atoms with van der Waals surface area (Å²) in [7, 11) is 0. The van der Waals surface area contributed by atoms with E-state index in [0.717, 1.165) is 16.9 Å². The highest BCUT2D eigenvalue weighted by molar-refractivity contribution is 5.51. The molecule has 0 fully saturated rings. The third-order valence-corrected chi connectivity index (χ3v) is 2.29. The SMILES string of the molecule is C#Cc1cccc(C(C)CO)c1OCC. The normalized spacial score (nSPS) is 11.9. The number of rotatable bonds is 4. The van der Waals surface area contributed by atoms with E-state index in [1.807, 2.05) is 32.0 Å². The van der Waals surface area contributed by atoms with Crippen LogP contribution in [0.1, 0.15) is 30.9 Å². The van der Waals surface area contributed by atoms with Crippen molar-refractivity contribution in [2.75, 3.05) is 13.2 Å². The van der Waals surface area contributed by atoms with Crippen LogP contribution in [0.15, 0.2) is 18.2 Å². The summed E-state index contributed by atoms with van der Waals surface area (Å²) in [6.07, 6.45) is 5.40. The molecule has 0 saturated heterocycles. The van der Waals surface area contributed by atoms with Gasteiger partial charge in [0, 0.05) is 18.1 Å². The zero-order valence-corrected chi connectivity index (χ0v) is 9.16. The molecular formula is C13H16O2. The van der Waals surface area contributed by atoms with Gasteiger partial charge in [-0.15, -0.1) is 6.42 Å². The second-order valence-electron chi connectivity index (χ2n) is 3.38. The Kier molecular flexibility index (Phi) is 4.20. The number of aliphatic hydroxyl groups excluding tert-OH is 1. The molecule has 0 aliphatic rings. The van der Waals surface area contributed by atoms with Crippen molar-refractivity contribution in [3.8, 4) is 18.1 Å². The molecule has 1 rings (SSSR count). The fourth-order valence-electron chi connectivity index (χ4n) is 1.46. The van der Waals surface area contributed by atoms with Crippen molar-refractivity contribution in [1.82, 2.24) is 0 Å². The number of benzene rings is 1. The second-order valence-corrected chi connectivity index (χ2v) is 3.38. The number of ether oxygens (including phenoxy) is 1. The maximum absolute atomic E-state index is 9.14. The van der Waals surface area contributed by atoms with Crippen LogP contribution in [0.25, 0.3) is 0 Å². The minimum Gasteiger partial charge on any atom is -0.492 e. The lowest BCUT2D eigenvalue weighted by Crippen LogP contribution is -2.05. The van der Waals surface area contributed by atoms with E-state index in [-0.39, 0.29) is 12.5 Å². The van der Waals surface area contributed by atoms with Gasteiger partial charge >= 0.3 is 0 Å². The Morgan fingerprint density at radius 1 is 1.53 bits per heavy atom. The van der Waals surface area contributed by atoms with Crippen LogP contribution < -0.4 is 4.74 Å². The Hall–Kier alpha value is -1.46. The molecule has 1 aromatic rings. The third-order valence-electron chi connectivity index (χ3n) is 2.29. The molecule has 0 aliphatic carbocycles.